The molecule has 3 heteroatoms. The predicted molar refractivity (Wildman–Crippen MR) is 85.3 cm³/mol. The molecule has 1 aliphatic rings. The SMILES string of the molecule is CCCNC(c1ccsc1)C1CSc2ccccc21. The van der Waals surface area contributed by atoms with E-state index in [0.717, 1.165) is 6.54 Å². The van der Waals surface area contributed by atoms with Gasteiger partial charge >= 0.3 is 0 Å². The highest BCUT2D eigenvalue weighted by molar-refractivity contribution is 7.99. The molecule has 2 heterocycles. The van der Waals surface area contributed by atoms with E-state index < -0.39 is 0 Å². The van der Waals surface area contributed by atoms with Crippen LogP contribution in [0.5, 0.6) is 0 Å². The summed E-state index contributed by atoms with van der Waals surface area (Å²) in [6.45, 7) is 3.32. The normalized spacial score (nSPS) is 19.3. The van der Waals surface area contributed by atoms with Crippen molar-refractivity contribution < 1.29 is 0 Å². The van der Waals surface area contributed by atoms with Crippen LogP contribution in [0.25, 0.3) is 0 Å². The minimum absolute atomic E-state index is 0.461. The van der Waals surface area contributed by atoms with Crippen LogP contribution in [0.4, 0.5) is 0 Å². The molecular weight excluding hydrogens is 270 g/mol. The summed E-state index contributed by atoms with van der Waals surface area (Å²) < 4.78 is 0. The molecule has 0 aliphatic carbocycles. The van der Waals surface area contributed by atoms with E-state index in [-0.39, 0.29) is 0 Å². The Hall–Kier alpha value is -0.770. The van der Waals surface area contributed by atoms with Gasteiger partial charge in [-0.25, -0.2) is 0 Å². The zero-order chi connectivity index (χ0) is 13.1. The van der Waals surface area contributed by atoms with E-state index in [1.54, 1.807) is 11.3 Å². The maximum Gasteiger partial charge on any atom is 0.0406 e. The monoisotopic (exact) mass is 289 g/mol. The van der Waals surface area contributed by atoms with Gasteiger partial charge in [0.15, 0.2) is 0 Å². The Kier molecular flexibility index (Phi) is 4.26. The third kappa shape index (κ3) is 2.73. The van der Waals surface area contributed by atoms with Gasteiger partial charge in [-0.15, -0.1) is 11.8 Å². The van der Waals surface area contributed by atoms with Gasteiger partial charge < -0.3 is 5.32 Å². The molecular formula is C16H19NS2. The summed E-state index contributed by atoms with van der Waals surface area (Å²) in [5.74, 6) is 1.79. The second-order valence-corrected chi connectivity index (χ2v) is 6.79. The molecule has 1 N–H and O–H groups in total. The lowest BCUT2D eigenvalue weighted by Gasteiger charge is -2.24. The fourth-order valence-electron chi connectivity index (χ4n) is 2.71. The van der Waals surface area contributed by atoms with Crippen LogP contribution in [-0.4, -0.2) is 12.3 Å². The van der Waals surface area contributed by atoms with Gasteiger partial charge in [0.25, 0.3) is 0 Å². The highest BCUT2D eigenvalue weighted by Crippen LogP contribution is 2.45. The van der Waals surface area contributed by atoms with Gasteiger partial charge in [-0.3, -0.25) is 0 Å². The maximum absolute atomic E-state index is 3.75. The zero-order valence-electron chi connectivity index (χ0n) is 11.1. The molecule has 0 bridgehead atoms. The van der Waals surface area contributed by atoms with Crippen LogP contribution in [0.15, 0.2) is 46.0 Å². The molecule has 1 aromatic carbocycles. The summed E-state index contributed by atoms with van der Waals surface area (Å²) in [5, 5.41) is 8.22. The van der Waals surface area contributed by atoms with E-state index in [2.05, 4.69) is 53.3 Å². The third-order valence-electron chi connectivity index (χ3n) is 3.66. The molecule has 2 aromatic rings. The van der Waals surface area contributed by atoms with E-state index >= 15 is 0 Å². The van der Waals surface area contributed by atoms with Crippen LogP contribution in [0.1, 0.15) is 36.4 Å². The number of nitrogens with one attached hydrogen (secondary N) is 1. The zero-order valence-corrected chi connectivity index (χ0v) is 12.8. The average Bonchev–Trinajstić information content (AvgIpc) is 3.09. The van der Waals surface area contributed by atoms with Crippen molar-refractivity contribution in [3.8, 4) is 0 Å². The van der Waals surface area contributed by atoms with Crippen molar-refractivity contribution in [2.75, 3.05) is 12.3 Å². The van der Waals surface area contributed by atoms with Crippen LogP contribution >= 0.6 is 23.1 Å². The Balaban J connectivity index is 1.89. The molecule has 0 amide bonds. The van der Waals surface area contributed by atoms with Crippen LogP contribution in [0, 0.1) is 0 Å². The Bertz CT molecular complexity index is 521. The number of hydrogen-bond donors (Lipinski definition) is 1. The lowest BCUT2D eigenvalue weighted by Crippen LogP contribution is -2.27. The van der Waals surface area contributed by atoms with E-state index in [0.29, 0.717) is 12.0 Å². The first-order valence-electron chi connectivity index (χ1n) is 6.87. The minimum Gasteiger partial charge on any atom is -0.309 e. The fraction of sp³-hybridized carbons (Fsp3) is 0.375. The summed E-state index contributed by atoms with van der Waals surface area (Å²) in [5.41, 5.74) is 2.97. The Morgan fingerprint density at radius 1 is 1.32 bits per heavy atom. The van der Waals surface area contributed by atoms with Gasteiger partial charge in [0.05, 0.1) is 0 Å². The van der Waals surface area contributed by atoms with Crippen molar-refractivity contribution in [2.45, 2.75) is 30.2 Å². The molecule has 0 saturated carbocycles. The molecule has 0 fully saturated rings. The van der Waals surface area contributed by atoms with Gasteiger partial charge in [0.1, 0.15) is 0 Å². The Morgan fingerprint density at radius 3 is 3.00 bits per heavy atom. The van der Waals surface area contributed by atoms with E-state index in [4.69, 9.17) is 0 Å². The third-order valence-corrected chi connectivity index (χ3v) is 5.57. The van der Waals surface area contributed by atoms with Crippen LogP contribution < -0.4 is 5.32 Å². The first-order valence-corrected chi connectivity index (χ1v) is 8.80. The summed E-state index contributed by atoms with van der Waals surface area (Å²) in [7, 11) is 0. The second-order valence-electron chi connectivity index (χ2n) is 4.94. The standard InChI is InChI=1S/C16H19NS2/c1-2-8-17-16(12-7-9-18-10-12)14-11-19-15-6-4-3-5-13(14)15/h3-7,9-10,14,16-17H,2,8,11H2,1H3. The van der Waals surface area contributed by atoms with Crippen LogP contribution in [-0.2, 0) is 0 Å². The number of benzene rings is 1. The molecule has 2 unspecified atom stereocenters. The molecule has 0 radical (unpaired) electrons. The highest BCUT2D eigenvalue weighted by Gasteiger charge is 2.30. The van der Waals surface area contributed by atoms with Gasteiger partial charge in [0, 0.05) is 22.6 Å². The summed E-state index contributed by atoms with van der Waals surface area (Å²) in [6.07, 6.45) is 1.18. The van der Waals surface area contributed by atoms with Gasteiger partial charge in [0.2, 0.25) is 0 Å². The van der Waals surface area contributed by atoms with Crippen molar-refractivity contribution in [2.24, 2.45) is 0 Å². The van der Waals surface area contributed by atoms with Crippen LogP contribution in [0.3, 0.4) is 0 Å². The number of thioether (sulfide) groups is 1. The maximum atomic E-state index is 3.75. The number of fused-ring (bicyclic) bond motifs is 1. The molecule has 1 aliphatic heterocycles. The molecule has 1 nitrogen and oxygen atoms in total. The van der Waals surface area contributed by atoms with Gasteiger partial charge in [-0.05, 0) is 47.0 Å². The van der Waals surface area contributed by atoms with Crippen molar-refractivity contribution in [3.05, 3.63) is 52.2 Å². The van der Waals surface area contributed by atoms with E-state index in [9.17, 15) is 0 Å². The largest absolute Gasteiger partial charge is 0.309 e. The fourth-order valence-corrected chi connectivity index (χ4v) is 4.70. The Labute approximate surface area is 123 Å². The van der Waals surface area contributed by atoms with Crippen molar-refractivity contribution >= 4 is 23.1 Å². The first kappa shape index (κ1) is 13.2. The molecule has 2 atom stereocenters. The minimum atomic E-state index is 0.461. The lowest BCUT2D eigenvalue weighted by molar-refractivity contribution is 0.473. The molecule has 1 aromatic heterocycles. The average molecular weight is 289 g/mol. The topological polar surface area (TPSA) is 12.0 Å². The van der Waals surface area contributed by atoms with Crippen molar-refractivity contribution in [1.29, 1.82) is 0 Å². The van der Waals surface area contributed by atoms with E-state index in [1.807, 2.05) is 11.8 Å². The van der Waals surface area contributed by atoms with Gasteiger partial charge in [-0.1, -0.05) is 25.1 Å². The number of hydrogen-bond acceptors (Lipinski definition) is 3. The first-order chi connectivity index (χ1) is 9.40. The number of thiophene rings is 1. The predicted octanol–water partition coefficient (Wildman–Crippen LogP) is 4.68. The van der Waals surface area contributed by atoms with Gasteiger partial charge in [-0.2, -0.15) is 11.3 Å². The molecule has 3 rings (SSSR count). The summed E-state index contributed by atoms with van der Waals surface area (Å²) in [6, 6.07) is 11.6. The van der Waals surface area contributed by atoms with Crippen molar-refractivity contribution in [3.63, 3.8) is 0 Å². The number of rotatable bonds is 5. The molecule has 100 valence electrons. The second kappa shape index (κ2) is 6.12. The smallest absolute Gasteiger partial charge is 0.0406 e. The highest BCUT2D eigenvalue weighted by atomic mass is 32.2. The van der Waals surface area contributed by atoms with E-state index in [1.165, 1.54) is 28.2 Å². The molecule has 0 spiro atoms. The Morgan fingerprint density at radius 2 is 2.21 bits per heavy atom. The summed E-state index contributed by atoms with van der Waals surface area (Å²) >= 11 is 3.79. The lowest BCUT2D eigenvalue weighted by atomic mass is 9.90. The summed E-state index contributed by atoms with van der Waals surface area (Å²) in [4.78, 5) is 1.46. The molecule has 0 saturated heterocycles. The van der Waals surface area contributed by atoms with Crippen LogP contribution in [0.2, 0.25) is 0 Å². The quantitative estimate of drug-likeness (QED) is 0.858. The molecule has 19 heavy (non-hydrogen) atoms. The van der Waals surface area contributed by atoms with Crippen molar-refractivity contribution in [1.82, 2.24) is 5.32 Å².